The molecule has 1 aromatic carbocycles. The third-order valence-electron chi connectivity index (χ3n) is 2.10. The Morgan fingerprint density at radius 3 is 2.82 bits per heavy atom. The molecule has 0 aliphatic carbocycles. The van der Waals surface area contributed by atoms with E-state index < -0.39 is 5.97 Å². The molecule has 0 amide bonds. The minimum absolute atomic E-state index is 0.140. The van der Waals surface area contributed by atoms with Crippen molar-refractivity contribution in [2.45, 2.75) is 12.8 Å². The molecular formula is C12H13NO4. The van der Waals surface area contributed by atoms with E-state index in [-0.39, 0.29) is 5.56 Å². The average Bonchev–Trinajstić information content (AvgIpc) is 2.34. The van der Waals surface area contributed by atoms with Gasteiger partial charge in [0.25, 0.3) is 0 Å². The van der Waals surface area contributed by atoms with Crippen LogP contribution in [0.4, 0.5) is 0 Å². The van der Waals surface area contributed by atoms with Crippen LogP contribution in [-0.2, 0) is 0 Å². The SMILES string of the molecule is COc1ccc(C(=O)O)cc1OCCCC#N. The number of hydrogen-bond donors (Lipinski definition) is 1. The summed E-state index contributed by atoms with van der Waals surface area (Å²) < 4.78 is 10.4. The molecule has 0 heterocycles. The Morgan fingerprint density at radius 1 is 1.47 bits per heavy atom. The van der Waals surface area contributed by atoms with E-state index in [0.717, 1.165) is 0 Å². The molecule has 0 bridgehead atoms. The Kier molecular flexibility index (Phi) is 4.82. The largest absolute Gasteiger partial charge is 0.493 e. The second kappa shape index (κ2) is 6.38. The second-order valence-corrected chi connectivity index (χ2v) is 3.28. The fourth-order valence-electron chi connectivity index (χ4n) is 1.26. The van der Waals surface area contributed by atoms with Crippen molar-refractivity contribution in [2.75, 3.05) is 13.7 Å². The van der Waals surface area contributed by atoms with Crippen LogP contribution in [0.2, 0.25) is 0 Å². The van der Waals surface area contributed by atoms with Gasteiger partial charge in [0.2, 0.25) is 0 Å². The number of carbonyl (C=O) groups is 1. The van der Waals surface area contributed by atoms with Gasteiger partial charge < -0.3 is 14.6 Å². The molecule has 0 aromatic heterocycles. The zero-order chi connectivity index (χ0) is 12.7. The summed E-state index contributed by atoms with van der Waals surface area (Å²) in [6.07, 6.45) is 0.998. The van der Waals surface area contributed by atoms with Crippen LogP contribution in [0.1, 0.15) is 23.2 Å². The lowest BCUT2D eigenvalue weighted by Gasteiger charge is -2.10. The van der Waals surface area contributed by atoms with Crippen LogP contribution in [0, 0.1) is 11.3 Å². The first-order valence-corrected chi connectivity index (χ1v) is 5.10. The highest BCUT2D eigenvalue weighted by atomic mass is 16.5. The molecule has 0 spiro atoms. The number of rotatable bonds is 6. The molecule has 1 N–H and O–H groups in total. The summed E-state index contributed by atoms with van der Waals surface area (Å²) in [5.74, 6) is -0.160. The van der Waals surface area contributed by atoms with Crippen molar-refractivity contribution in [3.8, 4) is 17.6 Å². The second-order valence-electron chi connectivity index (χ2n) is 3.28. The summed E-state index contributed by atoms with van der Waals surface area (Å²) in [6, 6.07) is 6.41. The first-order chi connectivity index (χ1) is 8.19. The molecule has 0 aliphatic rings. The number of carboxylic acids is 1. The van der Waals surface area contributed by atoms with Gasteiger partial charge in [0, 0.05) is 6.42 Å². The summed E-state index contributed by atoms with van der Waals surface area (Å²) in [7, 11) is 1.48. The molecule has 0 unspecified atom stereocenters. The molecule has 1 aromatic rings. The van der Waals surface area contributed by atoms with Crippen LogP contribution in [0.15, 0.2) is 18.2 Å². The lowest BCUT2D eigenvalue weighted by atomic mass is 10.2. The first-order valence-electron chi connectivity index (χ1n) is 5.10. The summed E-state index contributed by atoms with van der Waals surface area (Å²) in [6.45, 7) is 0.354. The Hall–Kier alpha value is -2.22. The minimum Gasteiger partial charge on any atom is -0.493 e. The van der Waals surface area contributed by atoms with Gasteiger partial charge in [-0.15, -0.1) is 0 Å². The van der Waals surface area contributed by atoms with Crippen LogP contribution >= 0.6 is 0 Å². The van der Waals surface area contributed by atoms with E-state index >= 15 is 0 Å². The molecular weight excluding hydrogens is 222 g/mol. The number of methoxy groups -OCH3 is 1. The third kappa shape index (κ3) is 3.68. The summed E-state index contributed by atoms with van der Waals surface area (Å²) in [5, 5.41) is 17.2. The highest BCUT2D eigenvalue weighted by molar-refractivity contribution is 5.88. The van der Waals surface area contributed by atoms with Crippen molar-refractivity contribution in [2.24, 2.45) is 0 Å². The average molecular weight is 235 g/mol. The fraction of sp³-hybridized carbons (Fsp3) is 0.333. The van der Waals surface area contributed by atoms with Gasteiger partial charge in [-0.05, 0) is 24.6 Å². The molecule has 0 saturated heterocycles. The predicted molar refractivity (Wildman–Crippen MR) is 60.3 cm³/mol. The van der Waals surface area contributed by atoms with E-state index in [9.17, 15) is 4.79 Å². The van der Waals surface area contributed by atoms with E-state index in [0.29, 0.717) is 30.9 Å². The Morgan fingerprint density at radius 2 is 2.24 bits per heavy atom. The number of carboxylic acid groups (broad SMARTS) is 1. The van der Waals surface area contributed by atoms with Crippen molar-refractivity contribution < 1.29 is 19.4 Å². The maximum absolute atomic E-state index is 10.8. The number of benzene rings is 1. The van der Waals surface area contributed by atoms with Crippen LogP contribution < -0.4 is 9.47 Å². The van der Waals surface area contributed by atoms with Crippen molar-refractivity contribution in [3.63, 3.8) is 0 Å². The van der Waals surface area contributed by atoms with Crippen LogP contribution in [-0.4, -0.2) is 24.8 Å². The monoisotopic (exact) mass is 235 g/mol. The Bertz CT molecular complexity index is 437. The van der Waals surface area contributed by atoms with Gasteiger partial charge in [-0.3, -0.25) is 0 Å². The number of aromatic carboxylic acids is 1. The van der Waals surface area contributed by atoms with Gasteiger partial charge in [0.15, 0.2) is 11.5 Å². The molecule has 90 valence electrons. The quantitative estimate of drug-likeness (QED) is 0.763. The van der Waals surface area contributed by atoms with Crippen molar-refractivity contribution in [1.82, 2.24) is 0 Å². The highest BCUT2D eigenvalue weighted by Crippen LogP contribution is 2.28. The number of unbranched alkanes of at least 4 members (excludes halogenated alkanes) is 1. The maximum Gasteiger partial charge on any atom is 0.335 e. The Balaban J connectivity index is 2.76. The number of ether oxygens (including phenoxy) is 2. The van der Waals surface area contributed by atoms with Gasteiger partial charge in [0.1, 0.15) is 0 Å². The summed E-state index contributed by atoms with van der Waals surface area (Å²) in [4.78, 5) is 10.8. The number of hydrogen-bond acceptors (Lipinski definition) is 4. The van der Waals surface area contributed by atoms with Gasteiger partial charge in [0.05, 0.1) is 25.3 Å². The first kappa shape index (κ1) is 12.8. The van der Waals surface area contributed by atoms with Gasteiger partial charge in [-0.25, -0.2) is 4.79 Å². The molecule has 0 radical (unpaired) electrons. The third-order valence-corrected chi connectivity index (χ3v) is 2.10. The zero-order valence-corrected chi connectivity index (χ0v) is 9.47. The van der Waals surface area contributed by atoms with Crippen LogP contribution in [0.5, 0.6) is 11.5 Å². The predicted octanol–water partition coefficient (Wildman–Crippen LogP) is 2.08. The van der Waals surface area contributed by atoms with Crippen molar-refractivity contribution >= 4 is 5.97 Å². The van der Waals surface area contributed by atoms with Gasteiger partial charge in [-0.1, -0.05) is 0 Å². The summed E-state index contributed by atoms with van der Waals surface area (Å²) in [5.41, 5.74) is 0.140. The van der Waals surface area contributed by atoms with Gasteiger partial charge >= 0.3 is 5.97 Å². The van der Waals surface area contributed by atoms with E-state index in [1.807, 2.05) is 6.07 Å². The number of nitrogens with zero attached hydrogens (tertiary/aromatic N) is 1. The molecule has 0 aliphatic heterocycles. The normalized spacial score (nSPS) is 9.41. The standard InChI is InChI=1S/C12H13NO4/c1-16-10-5-4-9(12(14)15)8-11(10)17-7-3-2-6-13/h4-5,8H,2-3,7H2,1H3,(H,14,15). The molecule has 5 heteroatoms. The molecule has 0 saturated carbocycles. The smallest absolute Gasteiger partial charge is 0.335 e. The fourth-order valence-corrected chi connectivity index (χ4v) is 1.26. The van der Waals surface area contributed by atoms with Crippen molar-refractivity contribution in [1.29, 1.82) is 5.26 Å². The minimum atomic E-state index is -1.02. The summed E-state index contributed by atoms with van der Waals surface area (Å²) >= 11 is 0. The number of nitriles is 1. The van der Waals surface area contributed by atoms with E-state index in [1.54, 1.807) is 6.07 Å². The molecule has 0 fully saturated rings. The lowest BCUT2D eigenvalue weighted by Crippen LogP contribution is -2.02. The van der Waals surface area contributed by atoms with Gasteiger partial charge in [-0.2, -0.15) is 5.26 Å². The molecule has 5 nitrogen and oxygen atoms in total. The van der Waals surface area contributed by atoms with Crippen LogP contribution in [0.3, 0.4) is 0 Å². The molecule has 1 rings (SSSR count). The zero-order valence-electron chi connectivity index (χ0n) is 9.47. The van der Waals surface area contributed by atoms with E-state index in [2.05, 4.69) is 0 Å². The molecule has 0 atom stereocenters. The molecule has 17 heavy (non-hydrogen) atoms. The van der Waals surface area contributed by atoms with E-state index in [1.165, 1.54) is 19.2 Å². The van der Waals surface area contributed by atoms with Crippen molar-refractivity contribution in [3.05, 3.63) is 23.8 Å². The lowest BCUT2D eigenvalue weighted by molar-refractivity contribution is 0.0696. The van der Waals surface area contributed by atoms with Crippen LogP contribution in [0.25, 0.3) is 0 Å². The Labute approximate surface area is 99.2 Å². The highest BCUT2D eigenvalue weighted by Gasteiger charge is 2.09. The maximum atomic E-state index is 10.8. The topological polar surface area (TPSA) is 79.6 Å². The van der Waals surface area contributed by atoms with E-state index in [4.69, 9.17) is 19.8 Å².